The molecule has 6 heteroatoms. The van der Waals surface area contributed by atoms with E-state index in [0.29, 0.717) is 24.7 Å². The second-order valence-electron chi connectivity index (χ2n) is 6.01. The Balaban J connectivity index is 1.85. The minimum Gasteiger partial charge on any atom is -0.486 e. The number of rotatable bonds is 4. The Hall–Kier alpha value is -2.05. The molecule has 1 atom stereocenters. The highest BCUT2D eigenvalue weighted by Crippen LogP contribution is 2.32. The van der Waals surface area contributed by atoms with Crippen molar-refractivity contribution in [2.75, 3.05) is 13.2 Å². The summed E-state index contributed by atoms with van der Waals surface area (Å²) in [7, 11) is -3.65. The summed E-state index contributed by atoms with van der Waals surface area (Å²) < 4.78 is 39.0. The molecule has 0 saturated heterocycles. The third-order valence-electron chi connectivity index (χ3n) is 4.05. The van der Waals surface area contributed by atoms with Crippen LogP contribution in [0.4, 0.5) is 0 Å². The number of hydrogen-bond donors (Lipinski definition) is 1. The molecular weight excluding hydrogens is 326 g/mol. The molecule has 0 aromatic heterocycles. The Bertz CT molecular complexity index is 861. The lowest BCUT2D eigenvalue weighted by Gasteiger charge is -2.20. The molecule has 2 aromatic carbocycles. The van der Waals surface area contributed by atoms with E-state index in [1.807, 2.05) is 39.0 Å². The van der Waals surface area contributed by atoms with Gasteiger partial charge in [0.1, 0.15) is 13.2 Å². The highest BCUT2D eigenvalue weighted by atomic mass is 32.2. The Morgan fingerprint density at radius 2 is 1.71 bits per heavy atom. The first kappa shape index (κ1) is 16.8. The van der Waals surface area contributed by atoms with Gasteiger partial charge in [0.05, 0.1) is 4.90 Å². The summed E-state index contributed by atoms with van der Waals surface area (Å²) in [5.74, 6) is 1.03. The van der Waals surface area contributed by atoms with E-state index in [4.69, 9.17) is 9.47 Å². The lowest BCUT2D eigenvalue weighted by molar-refractivity contribution is 0.171. The SMILES string of the molecule is Cc1ccc([C@@H](C)NS(=O)(=O)c2ccc3c(c2)OCCO3)c(C)c1. The van der Waals surface area contributed by atoms with Gasteiger partial charge in [0, 0.05) is 12.1 Å². The van der Waals surface area contributed by atoms with Gasteiger partial charge < -0.3 is 9.47 Å². The fraction of sp³-hybridized carbons (Fsp3) is 0.333. The molecule has 1 heterocycles. The normalized spacial score (nSPS) is 15.1. The number of aryl methyl sites for hydroxylation is 2. The monoisotopic (exact) mass is 347 g/mol. The maximum Gasteiger partial charge on any atom is 0.241 e. The highest BCUT2D eigenvalue weighted by molar-refractivity contribution is 7.89. The fourth-order valence-corrected chi connectivity index (χ4v) is 4.10. The van der Waals surface area contributed by atoms with Crippen LogP contribution < -0.4 is 14.2 Å². The van der Waals surface area contributed by atoms with E-state index in [2.05, 4.69) is 4.72 Å². The zero-order valence-corrected chi connectivity index (χ0v) is 14.8. The molecule has 2 aromatic rings. The average molecular weight is 347 g/mol. The molecule has 3 rings (SSSR count). The molecule has 0 bridgehead atoms. The maximum atomic E-state index is 12.7. The molecule has 5 nitrogen and oxygen atoms in total. The van der Waals surface area contributed by atoms with Gasteiger partial charge in [0.2, 0.25) is 10.0 Å². The molecule has 0 unspecified atom stereocenters. The van der Waals surface area contributed by atoms with Crippen molar-refractivity contribution in [3.05, 3.63) is 53.1 Å². The van der Waals surface area contributed by atoms with Crippen molar-refractivity contribution in [3.8, 4) is 11.5 Å². The molecular formula is C18H21NO4S. The van der Waals surface area contributed by atoms with Crippen LogP contribution in [-0.4, -0.2) is 21.6 Å². The molecule has 1 aliphatic rings. The average Bonchev–Trinajstić information content (AvgIpc) is 2.53. The second-order valence-corrected chi connectivity index (χ2v) is 7.72. The lowest BCUT2D eigenvalue weighted by Crippen LogP contribution is -2.27. The van der Waals surface area contributed by atoms with Crippen molar-refractivity contribution < 1.29 is 17.9 Å². The predicted molar refractivity (Wildman–Crippen MR) is 92.1 cm³/mol. The zero-order chi connectivity index (χ0) is 17.3. The first-order valence-corrected chi connectivity index (χ1v) is 9.34. The summed E-state index contributed by atoms with van der Waals surface area (Å²) >= 11 is 0. The molecule has 1 N–H and O–H groups in total. The number of sulfonamides is 1. The Morgan fingerprint density at radius 3 is 2.42 bits per heavy atom. The topological polar surface area (TPSA) is 64.6 Å². The summed E-state index contributed by atoms with van der Waals surface area (Å²) in [5.41, 5.74) is 3.17. The minimum absolute atomic E-state index is 0.170. The van der Waals surface area contributed by atoms with Gasteiger partial charge >= 0.3 is 0 Å². The van der Waals surface area contributed by atoms with Crippen LogP contribution in [-0.2, 0) is 10.0 Å². The van der Waals surface area contributed by atoms with Gasteiger partial charge in [-0.15, -0.1) is 0 Å². The van der Waals surface area contributed by atoms with Crippen molar-refractivity contribution in [1.82, 2.24) is 4.72 Å². The van der Waals surface area contributed by atoms with Crippen LogP contribution in [0.15, 0.2) is 41.3 Å². The molecule has 0 amide bonds. The van der Waals surface area contributed by atoms with E-state index in [0.717, 1.165) is 16.7 Å². The summed E-state index contributed by atoms with van der Waals surface area (Å²) in [6, 6.07) is 10.3. The number of fused-ring (bicyclic) bond motifs is 1. The predicted octanol–water partition coefficient (Wildman–Crippen LogP) is 3.11. The van der Waals surface area contributed by atoms with Gasteiger partial charge in [-0.1, -0.05) is 23.8 Å². The van der Waals surface area contributed by atoms with E-state index in [9.17, 15) is 8.42 Å². The number of ether oxygens (including phenoxy) is 2. The summed E-state index contributed by atoms with van der Waals surface area (Å²) in [6.07, 6.45) is 0. The first-order chi connectivity index (χ1) is 11.4. The smallest absolute Gasteiger partial charge is 0.241 e. The van der Waals surface area contributed by atoms with Gasteiger partial charge in [0.25, 0.3) is 0 Å². The van der Waals surface area contributed by atoms with Gasteiger partial charge in [0.15, 0.2) is 11.5 Å². The van der Waals surface area contributed by atoms with Crippen LogP contribution in [0.3, 0.4) is 0 Å². The van der Waals surface area contributed by atoms with E-state index in [1.165, 1.54) is 12.1 Å². The summed E-state index contributed by atoms with van der Waals surface area (Å²) in [4.78, 5) is 0.170. The highest BCUT2D eigenvalue weighted by Gasteiger charge is 2.22. The first-order valence-electron chi connectivity index (χ1n) is 7.86. The second kappa shape index (κ2) is 6.45. The van der Waals surface area contributed by atoms with Crippen molar-refractivity contribution >= 4 is 10.0 Å². The van der Waals surface area contributed by atoms with Gasteiger partial charge in [-0.3, -0.25) is 0 Å². The third kappa shape index (κ3) is 3.39. The van der Waals surface area contributed by atoms with E-state index >= 15 is 0 Å². The number of nitrogens with one attached hydrogen (secondary N) is 1. The summed E-state index contributed by atoms with van der Waals surface area (Å²) in [6.45, 7) is 6.73. The van der Waals surface area contributed by atoms with Crippen LogP contribution in [0.1, 0.15) is 29.7 Å². The van der Waals surface area contributed by atoms with Crippen molar-refractivity contribution in [3.63, 3.8) is 0 Å². The van der Waals surface area contributed by atoms with Crippen LogP contribution in [0.25, 0.3) is 0 Å². The van der Waals surface area contributed by atoms with Crippen molar-refractivity contribution in [2.24, 2.45) is 0 Å². The van der Waals surface area contributed by atoms with Crippen LogP contribution >= 0.6 is 0 Å². The molecule has 1 aliphatic heterocycles. The van der Waals surface area contributed by atoms with E-state index < -0.39 is 10.0 Å². The molecule has 128 valence electrons. The molecule has 0 radical (unpaired) electrons. The van der Waals surface area contributed by atoms with Crippen molar-refractivity contribution in [2.45, 2.75) is 31.7 Å². The van der Waals surface area contributed by atoms with Gasteiger partial charge in [-0.25, -0.2) is 13.1 Å². The number of hydrogen-bond acceptors (Lipinski definition) is 4. The molecule has 0 saturated carbocycles. The summed E-state index contributed by atoms with van der Waals surface area (Å²) in [5, 5.41) is 0. The van der Waals surface area contributed by atoms with E-state index in [1.54, 1.807) is 6.07 Å². The van der Waals surface area contributed by atoms with Gasteiger partial charge in [-0.2, -0.15) is 0 Å². The van der Waals surface area contributed by atoms with Crippen LogP contribution in [0.2, 0.25) is 0 Å². The minimum atomic E-state index is -3.65. The lowest BCUT2D eigenvalue weighted by atomic mass is 10.0. The Morgan fingerprint density at radius 1 is 1.00 bits per heavy atom. The maximum absolute atomic E-state index is 12.7. The van der Waals surface area contributed by atoms with Gasteiger partial charge in [-0.05, 0) is 44.0 Å². The number of benzene rings is 2. The quantitative estimate of drug-likeness (QED) is 0.923. The van der Waals surface area contributed by atoms with Crippen LogP contribution in [0.5, 0.6) is 11.5 Å². The van der Waals surface area contributed by atoms with E-state index in [-0.39, 0.29) is 10.9 Å². The standard InChI is InChI=1S/C18H21NO4S/c1-12-4-6-16(13(2)10-12)14(3)19-24(20,21)15-5-7-17-18(11-15)23-9-8-22-17/h4-7,10-11,14,19H,8-9H2,1-3H3/t14-/m1/s1. The van der Waals surface area contributed by atoms with Crippen molar-refractivity contribution in [1.29, 1.82) is 0 Å². The molecule has 24 heavy (non-hydrogen) atoms. The molecule has 0 spiro atoms. The molecule has 0 fully saturated rings. The third-order valence-corrected chi connectivity index (χ3v) is 5.59. The largest absolute Gasteiger partial charge is 0.486 e. The molecule has 0 aliphatic carbocycles. The zero-order valence-electron chi connectivity index (χ0n) is 14.0. The Labute approximate surface area is 142 Å². The fourth-order valence-electron chi connectivity index (χ4n) is 2.87. The van der Waals surface area contributed by atoms with Crippen LogP contribution in [0, 0.1) is 13.8 Å². The Kier molecular flexibility index (Phi) is 4.51.